The Balaban J connectivity index is 1.29. The zero-order valence-electron chi connectivity index (χ0n) is 21.5. The van der Waals surface area contributed by atoms with Crippen LogP contribution in [0, 0.1) is 5.82 Å². The second kappa shape index (κ2) is 9.35. The van der Waals surface area contributed by atoms with E-state index >= 15 is 0 Å². The van der Waals surface area contributed by atoms with Crippen molar-refractivity contribution in [1.82, 2.24) is 24.8 Å². The number of benzene rings is 1. The summed E-state index contributed by atoms with van der Waals surface area (Å²) in [6.45, 7) is 7.42. The van der Waals surface area contributed by atoms with Crippen LogP contribution in [0.4, 0.5) is 4.39 Å². The Hall–Kier alpha value is -2.97. The maximum absolute atomic E-state index is 14.6. The Bertz CT molecular complexity index is 1450. The fourth-order valence-corrected chi connectivity index (χ4v) is 6.00. The first-order valence-corrected chi connectivity index (χ1v) is 13.8. The first kappa shape index (κ1) is 25.3. The molecule has 2 aromatic rings. The van der Waals surface area contributed by atoms with E-state index in [2.05, 4.69) is 28.5 Å². The van der Waals surface area contributed by atoms with Gasteiger partial charge in [0.25, 0.3) is 11.5 Å². The minimum Gasteiger partial charge on any atom is -0.367 e. The lowest BCUT2D eigenvalue weighted by molar-refractivity contribution is 0.0698. The lowest BCUT2D eigenvalue weighted by Crippen LogP contribution is -2.48. The van der Waals surface area contributed by atoms with Crippen LogP contribution >= 0.6 is 23.2 Å². The number of aromatic nitrogens is 1. The average molecular weight is 558 g/mol. The van der Waals surface area contributed by atoms with E-state index in [1.54, 1.807) is 22.8 Å². The van der Waals surface area contributed by atoms with Gasteiger partial charge in [0.15, 0.2) is 5.82 Å². The lowest BCUT2D eigenvalue weighted by Gasteiger charge is -2.41. The van der Waals surface area contributed by atoms with Crippen LogP contribution in [0.3, 0.4) is 0 Å². The summed E-state index contributed by atoms with van der Waals surface area (Å²) in [5, 5.41) is 2.94. The van der Waals surface area contributed by atoms with Crippen LogP contribution in [0.1, 0.15) is 68.0 Å². The average Bonchev–Trinajstić information content (AvgIpc) is 3.67. The summed E-state index contributed by atoms with van der Waals surface area (Å²) in [7, 11) is 0. The monoisotopic (exact) mass is 557 g/mol. The number of nitrogens with one attached hydrogen (secondary N) is 1. The van der Waals surface area contributed by atoms with Crippen molar-refractivity contribution in [1.29, 1.82) is 0 Å². The highest BCUT2D eigenvalue weighted by molar-refractivity contribution is 6.42. The molecular formula is C28H30Cl2FN5O2. The molecule has 3 aliphatic heterocycles. The van der Waals surface area contributed by atoms with Gasteiger partial charge in [-0.2, -0.15) is 0 Å². The minimum absolute atomic E-state index is 0.00180. The summed E-state index contributed by atoms with van der Waals surface area (Å²) in [5.74, 6) is -0.792. The van der Waals surface area contributed by atoms with Gasteiger partial charge in [-0.3, -0.25) is 14.6 Å². The third-order valence-corrected chi connectivity index (χ3v) is 8.86. The first-order chi connectivity index (χ1) is 18.1. The van der Waals surface area contributed by atoms with Gasteiger partial charge in [-0.15, -0.1) is 0 Å². The van der Waals surface area contributed by atoms with E-state index in [1.807, 2.05) is 24.9 Å². The topological polar surface area (TPSA) is 60.8 Å². The Morgan fingerprint density at radius 2 is 1.89 bits per heavy atom. The number of carbonyl (C=O) groups is 1. The maximum Gasteiger partial charge on any atom is 0.286 e. The molecule has 4 aliphatic rings. The van der Waals surface area contributed by atoms with Crippen molar-refractivity contribution in [3.05, 3.63) is 91.0 Å². The molecule has 38 heavy (non-hydrogen) atoms. The summed E-state index contributed by atoms with van der Waals surface area (Å²) in [5.41, 5.74) is 7.53. The van der Waals surface area contributed by atoms with Crippen molar-refractivity contribution in [3.8, 4) is 0 Å². The lowest BCUT2D eigenvalue weighted by atomic mass is 9.97. The standard InChI is InChI=1S/C28H30Cl2FN5O2/c1-15-8-25-21(13-34(15)27(37)18-4-7-22(29)23(30)9-18)26-14-33(11-16(2)36(26)32-25)17(3)19-10-24(31)28(38)35(12-19)20-5-6-20/h4,7,9-10,12,14-17,20,32H,5-6,8,11,13H2,1-3H3/t15-,16-,17?/m1/s1. The van der Waals surface area contributed by atoms with Gasteiger partial charge in [-0.25, -0.2) is 4.39 Å². The van der Waals surface area contributed by atoms with Crippen LogP contribution in [0.15, 0.2) is 58.4 Å². The number of hydrogen-bond donors (Lipinski definition) is 1. The summed E-state index contributed by atoms with van der Waals surface area (Å²) in [6, 6.07) is 6.46. The molecule has 7 nitrogen and oxygen atoms in total. The SMILES string of the molecule is CC(c1cc(F)c(=O)n(C2CC2)c1)N1C=C2C3=C(C[C@@H](C)N(C(=O)c4ccc(Cl)c(Cl)c4)C3)NN2[C@H](C)C1. The smallest absolute Gasteiger partial charge is 0.286 e. The van der Waals surface area contributed by atoms with Crippen molar-refractivity contribution < 1.29 is 9.18 Å². The van der Waals surface area contributed by atoms with Gasteiger partial charge in [0.05, 0.1) is 34.4 Å². The van der Waals surface area contributed by atoms with E-state index in [0.717, 1.165) is 41.9 Å². The number of nitrogens with zero attached hydrogens (tertiary/aromatic N) is 4. The van der Waals surface area contributed by atoms with Gasteiger partial charge in [0, 0.05) is 54.3 Å². The molecule has 1 amide bonds. The number of rotatable bonds is 4. The van der Waals surface area contributed by atoms with Gasteiger partial charge in [-0.05, 0) is 63.4 Å². The third-order valence-electron chi connectivity index (χ3n) is 8.12. The van der Waals surface area contributed by atoms with Crippen molar-refractivity contribution >= 4 is 29.1 Å². The maximum atomic E-state index is 14.6. The van der Waals surface area contributed by atoms with Crippen molar-refractivity contribution in [3.63, 3.8) is 0 Å². The van der Waals surface area contributed by atoms with Crippen LogP contribution in [0.25, 0.3) is 0 Å². The van der Waals surface area contributed by atoms with E-state index in [1.165, 1.54) is 6.07 Å². The number of amides is 1. The van der Waals surface area contributed by atoms with E-state index in [4.69, 9.17) is 23.2 Å². The van der Waals surface area contributed by atoms with Gasteiger partial charge in [0.2, 0.25) is 0 Å². The molecule has 1 aliphatic carbocycles. The quantitative estimate of drug-likeness (QED) is 0.556. The van der Waals surface area contributed by atoms with Crippen LogP contribution in [0.2, 0.25) is 10.0 Å². The number of hydrazine groups is 1. The van der Waals surface area contributed by atoms with Crippen LogP contribution in [-0.4, -0.2) is 50.5 Å². The number of fused-ring (bicyclic) bond motifs is 2. The molecule has 1 aromatic carbocycles. The molecule has 1 N–H and O–H groups in total. The Kier molecular flexibility index (Phi) is 6.23. The molecule has 3 atom stereocenters. The van der Waals surface area contributed by atoms with E-state index in [-0.39, 0.29) is 30.1 Å². The Morgan fingerprint density at radius 3 is 2.61 bits per heavy atom. The molecule has 0 radical (unpaired) electrons. The summed E-state index contributed by atoms with van der Waals surface area (Å²) < 4.78 is 16.1. The molecular weight excluding hydrogens is 528 g/mol. The predicted molar refractivity (Wildman–Crippen MR) is 145 cm³/mol. The molecule has 4 heterocycles. The highest BCUT2D eigenvalue weighted by Gasteiger charge is 2.40. The fourth-order valence-electron chi connectivity index (χ4n) is 5.70. The van der Waals surface area contributed by atoms with Crippen LogP contribution < -0.4 is 11.0 Å². The van der Waals surface area contributed by atoms with Crippen molar-refractivity contribution in [2.45, 2.75) is 64.2 Å². The van der Waals surface area contributed by atoms with Crippen molar-refractivity contribution in [2.24, 2.45) is 0 Å². The van der Waals surface area contributed by atoms with Gasteiger partial charge < -0.3 is 19.8 Å². The molecule has 0 saturated heterocycles. The van der Waals surface area contributed by atoms with E-state index in [9.17, 15) is 14.0 Å². The van der Waals surface area contributed by atoms with Gasteiger partial charge in [0.1, 0.15) is 0 Å². The van der Waals surface area contributed by atoms with E-state index < -0.39 is 11.4 Å². The normalized spacial score (nSPS) is 23.6. The molecule has 0 spiro atoms. The third kappa shape index (κ3) is 4.28. The number of pyridine rings is 1. The molecule has 1 aromatic heterocycles. The molecule has 10 heteroatoms. The summed E-state index contributed by atoms with van der Waals surface area (Å²) in [4.78, 5) is 29.9. The number of carbonyl (C=O) groups excluding carboxylic acids is 1. The highest BCUT2D eigenvalue weighted by atomic mass is 35.5. The predicted octanol–water partition coefficient (Wildman–Crippen LogP) is 5.24. The second-order valence-corrected chi connectivity index (χ2v) is 11.7. The molecule has 200 valence electrons. The van der Waals surface area contributed by atoms with Crippen LogP contribution in [-0.2, 0) is 0 Å². The number of halogens is 3. The molecule has 0 bridgehead atoms. The van der Waals surface area contributed by atoms with Gasteiger partial charge >= 0.3 is 0 Å². The van der Waals surface area contributed by atoms with Gasteiger partial charge in [-0.1, -0.05) is 23.2 Å². The molecule has 1 fully saturated rings. The molecule has 1 unspecified atom stereocenters. The Labute approximate surface area is 231 Å². The van der Waals surface area contributed by atoms with E-state index in [0.29, 0.717) is 28.6 Å². The number of hydrogen-bond acceptors (Lipinski definition) is 5. The fraction of sp³-hybridized carbons (Fsp3) is 0.429. The molecule has 6 rings (SSSR count). The zero-order valence-corrected chi connectivity index (χ0v) is 23.1. The zero-order chi connectivity index (χ0) is 26.9. The van der Waals surface area contributed by atoms with Crippen LogP contribution in [0.5, 0.6) is 0 Å². The minimum atomic E-state index is -0.703. The largest absolute Gasteiger partial charge is 0.367 e. The Morgan fingerprint density at radius 1 is 1.13 bits per heavy atom. The summed E-state index contributed by atoms with van der Waals surface area (Å²) in [6.07, 6.45) is 6.45. The molecule has 1 saturated carbocycles. The summed E-state index contributed by atoms with van der Waals surface area (Å²) >= 11 is 12.3. The highest BCUT2D eigenvalue weighted by Crippen LogP contribution is 2.39. The second-order valence-electron chi connectivity index (χ2n) is 10.9. The first-order valence-electron chi connectivity index (χ1n) is 13.1. The van der Waals surface area contributed by atoms with Crippen molar-refractivity contribution in [2.75, 3.05) is 13.1 Å².